The Kier molecular flexibility index (Phi) is 10.3. The molecule has 1 saturated heterocycles. The molecular weight excluding hydrogens is 493 g/mol. The summed E-state index contributed by atoms with van der Waals surface area (Å²) in [6.45, 7) is 6.56. The number of guanidine groups is 1. The van der Waals surface area contributed by atoms with Crippen LogP contribution in [0.25, 0.3) is 0 Å². The van der Waals surface area contributed by atoms with Crippen molar-refractivity contribution in [3.8, 4) is 0 Å². The van der Waals surface area contributed by atoms with Gasteiger partial charge in [-0.15, -0.1) is 24.0 Å². The summed E-state index contributed by atoms with van der Waals surface area (Å²) in [4.78, 5) is 4.15. The van der Waals surface area contributed by atoms with Gasteiger partial charge in [0, 0.05) is 38.3 Å². The maximum Gasteiger partial charge on any atom is 0.213 e. The van der Waals surface area contributed by atoms with Crippen molar-refractivity contribution in [3.05, 3.63) is 0 Å². The number of sulfonamides is 2. The smallest absolute Gasteiger partial charge is 0.213 e. The van der Waals surface area contributed by atoms with E-state index in [2.05, 4.69) is 20.3 Å². The van der Waals surface area contributed by atoms with Crippen LogP contribution in [0, 0.1) is 0 Å². The van der Waals surface area contributed by atoms with E-state index < -0.39 is 25.6 Å². The summed E-state index contributed by atoms with van der Waals surface area (Å²) in [5.41, 5.74) is -0.663. The van der Waals surface area contributed by atoms with Gasteiger partial charge in [-0.05, 0) is 33.6 Å². The molecule has 0 aromatic rings. The zero-order chi connectivity index (χ0) is 19.3. The van der Waals surface area contributed by atoms with Crippen molar-refractivity contribution in [2.45, 2.75) is 45.2 Å². The van der Waals surface area contributed by atoms with Crippen LogP contribution >= 0.6 is 24.0 Å². The molecule has 1 fully saturated rings. The fourth-order valence-electron chi connectivity index (χ4n) is 2.69. The lowest BCUT2D eigenvalue weighted by molar-refractivity contribution is 0.306. The molecule has 0 saturated carbocycles. The van der Waals surface area contributed by atoms with Gasteiger partial charge in [-0.2, -0.15) is 0 Å². The number of hydrogen-bond donors (Lipinski definition) is 3. The highest BCUT2D eigenvalue weighted by Crippen LogP contribution is 2.14. The fraction of sp³-hybridized carbons (Fsp3) is 0.929. The highest BCUT2D eigenvalue weighted by Gasteiger charge is 2.27. The Balaban J connectivity index is 0.00000625. The minimum atomic E-state index is -3.30. The number of halogens is 1. The fourth-order valence-corrected chi connectivity index (χ4v) is 4.90. The topological polar surface area (TPSA) is 120 Å². The van der Waals surface area contributed by atoms with Crippen LogP contribution in [-0.2, 0) is 20.0 Å². The third kappa shape index (κ3) is 9.15. The molecule has 1 aliphatic rings. The van der Waals surface area contributed by atoms with Crippen LogP contribution in [0.1, 0.15) is 33.6 Å². The Labute approximate surface area is 174 Å². The van der Waals surface area contributed by atoms with Gasteiger partial charge >= 0.3 is 0 Å². The molecule has 0 radical (unpaired) electrons. The Morgan fingerprint density at radius 3 is 2.15 bits per heavy atom. The molecule has 26 heavy (non-hydrogen) atoms. The first-order chi connectivity index (χ1) is 11.4. The number of nitrogens with one attached hydrogen (secondary N) is 3. The van der Waals surface area contributed by atoms with Crippen LogP contribution in [0.3, 0.4) is 0 Å². The second kappa shape index (κ2) is 10.4. The monoisotopic (exact) mass is 525 g/mol. The van der Waals surface area contributed by atoms with E-state index in [4.69, 9.17) is 0 Å². The molecule has 1 heterocycles. The van der Waals surface area contributed by atoms with E-state index in [0.717, 1.165) is 6.26 Å². The van der Waals surface area contributed by atoms with E-state index >= 15 is 0 Å². The van der Waals surface area contributed by atoms with Gasteiger partial charge in [0.25, 0.3) is 0 Å². The zero-order valence-electron chi connectivity index (χ0n) is 16.1. The van der Waals surface area contributed by atoms with Gasteiger partial charge in [-0.1, -0.05) is 0 Å². The maximum atomic E-state index is 11.9. The quantitative estimate of drug-likeness (QED) is 0.243. The molecule has 0 unspecified atom stereocenters. The third-order valence-corrected chi connectivity index (χ3v) is 6.74. The van der Waals surface area contributed by atoms with Gasteiger partial charge in [0.15, 0.2) is 5.96 Å². The van der Waals surface area contributed by atoms with Gasteiger partial charge in [0.05, 0.1) is 12.0 Å². The first-order valence-corrected chi connectivity index (χ1v) is 11.8. The molecule has 0 atom stereocenters. The van der Waals surface area contributed by atoms with Crippen molar-refractivity contribution < 1.29 is 16.8 Å². The number of nitrogens with zero attached hydrogens (tertiary/aromatic N) is 2. The molecule has 0 aromatic carbocycles. The molecule has 0 bridgehead atoms. The summed E-state index contributed by atoms with van der Waals surface area (Å²) >= 11 is 0. The van der Waals surface area contributed by atoms with Crippen molar-refractivity contribution in [3.63, 3.8) is 0 Å². The molecular formula is C14H32IN5O4S2. The highest BCUT2D eigenvalue weighted by atomic mass is 127. The Morgan fingerprint density at radius 2 is 1.73 bits per heavy atom. The average molecular weight is 525 g/mol. The summed E-state index contributed by atoms with van der Waals surface area (Å²) < 4.78 is 50.6. The highest BCUT2D eigenvalue weighted by molar-refractivity contribution is 14.0. The van der Waals surface area contributed by atoms with E-state index in [1.807, 2.05) is 0 Å². The van der Waals surface area contributed by atoms with Crippen LogP contribution in [0.4, 0.5) is 0 Å². The number of piperidine rings is 1. The van der Waals surface area contributed by atoms with Crippen molar-refractivity contribution in [2.75, 3.05) is 38.7 Å². The molecule has 0 aliphatic carbocycles. The zero-order valence-corrected chi connectivity index (χ0v) is 20.0. The lowest BCUT2D eigenvalue weighted by Crippen LogP contribution is -2.55. The Bertz CT molecular complexity index is 671. The van der Waals surface area contributed by atoms with Gasteiger partial charge in [-0.3, -0.25) is 4.99 Å². The number of rotatable bonds is 7. The molecule has 0 spiro atoms. The first kappa shape index (κ1) is 25.8. The minimum Gasteiger partial charge on any atom is -0.355 e. The van der Waals surface area contributed by atoms with Gasteiger partial charge in [0.1, 0.15) is 0 Å². The van der Waals surface area contributed by atoms with Crippen LogP contribution < -0.4 is 15.4 Å². The van der Waals surface area contributed by atoms with E-state index in [-0.39, 0.29) is 35.8 Å². The molecule has 0 aromatic heterocycles. The molecule has 1 rings (SSSR count). The maximum absolute atomic E-state index is 11.9. The lowest BCUT2D eigenvalue weighted by Gasteiger charge is -2.33. The van der Waals surface area contributed by atoms with Gasteiger partial charge in [0.2, 0.25) is 20.0 Å². The minimum absolute atomic E-state index is 0. The van der Waals surface area contributed by atoms with E-state index in [1.54, 1.807) is 27.8 Å². The van der Waals surface area contributed by atoms with Gasteiger partial charge < -0.3 is 10.6 Å². The molecule has 9 nitrogen and oxygen atoms in total. The Morgan fingerprint density at radius 1 is 1.19 bits per heavy atom. The lowest BCUT2D eigenvalue weighted by atomic mass is 10.1. The molecule has 3 N–H and O–H groups in total. The van der Waals surface area contributed by atoms with E-state index in [1.165, 1.54) is 4.31 Å². The van der Waals surface area contributed by atoms with Crippen molar-refractivity contribution >= 4 is 50.0 Å². The normalized spacial score (nSPS) is 18.3. The molecule has 12 heteroatoms. The van der Waals surface area contributed by atoms with Crippen LogP contribution in [0.15, 0.2) is 4.99 Å². The molecule has 1 aliphatic heterocycles. The summed E-state index contributed by atoms with van der Waals surface area (Å²) in [6, 6.07) is 0.125. The van der Waals surface area contributed by atoms with E-state index in [0.29, 0.717) is 38.4 Å². The van der Waals surface area contributed by atoms with Gasteiger partial charge in [-0.25, -0.2) is 25.9 Å². The van der Waals surface area contributed by atoms with Crippen LogP contribution in [0.5, 0.6) is 0 Å². The summed E-state index contributed by atoms with van der Waals surface area (Å²) in [5.74, 6) is 0.691. The first-order valence-electron chi connectivity index (χ1n) is 8.32. The summed E-state index contributed by atoms with van der Waals surface area (Å²) in [6.07, 6.45) is 2.52. The predicted molar refractivity (Wildman–Crippen MR) is 116 cm³/mol. The van der Waals surface area contributed by atoms with Crippen LogP contribution in [0.2, 0.25) is 0 Å². The molecule has 156 valence electrons. The largest absolute Gasteiger partial charge is 0.355 e. The average Bonchev–Trinajstić information content (AvgIpc) is 2.49. The van der Waals surface area contributed by atoms with Crippen molar-refractivity contribution in [1.82, 2.24) is 19.7 Å². The van der Waals surface area contributed by atoms with Crippen molar-refractivity contribution in [2.24, 2.45) is 4.99 Å². The second-order valence-electron chi connectivity index (χ2n) is 6.90. The van der Waals surface area contributed by atoms with Crippen molar-refractivity contribution in [1.29, 1.82) is 0 Å². The Hall–Kier alpha value is -0.180. The number of hydrogen-bond acceptors (Lipinski definition) is 5. The third-order valence-electron chi connectivity index (χ3n) is 3.94. The predicted octanol–water partition coefficient (Wildman–Crippen LogP) is -0.0887. The summed E-state index contributed by atoms with van der Waals surface area (Å²) in [7, 11) is -4.79. The second-order valence-corrected chi connectivity index (χ2v) is 10.9. The molecule has 0 amide bonds. The summed E-state index contributed by atoms with van der Waals surface area (Å²) in [5, 5.41) is 6.38. The van der Waals surface area contributed by atoms with E-state index in [9.17, 15) is 16.8 Å². The number of aliphatic imine (C=N–C) groups is 1. The SMILES string of the molecule is CCS(=O)(=O)N1CCC(NC(=NC)NCC(C)(C)NS(C)(=O)=O)CC1.I. The van der Waals surface area contributed by atoms with Crippen LogP contribution in [-0.4, -0.2) is 77.4 Å². The standard InChI is InChI=1S/C14H31N5O4S2.HI/c1-6-25(22,23)19-9-7-12(8-10-19)17-13(15-4)16-11-14(2,3)18-24(5,20)21;/h12,18H,6-11H2,1-5H3,(H2,15,16,17);1H.